The number of halogens is 2. The summed E-state index contributed by atoms with van der Waals surface area (Å²) in [6, 6.07) is 6.73. The van der Waals surface area contributed by atoms with Crippen LogP contribution in [0.25, 0.3) is 23.2 Å². The predicted molar refractivity (Wildman–Crippen MR) is 118 cm³/mol. The molecule has 0 spiro atoms. The zero-order chi connectivity index (χ0) is 19.1. The maximum Gasteiger partial charge on any atom is 0.0531 e. The Kier molecular flexibility index (Phi) is 4.96. The third-order valence-corrected chi connectivity index (χ3v) is 6.13. The van der Waals surface area contributed by atoms with Crippen molar-refractivity contribution in [2.75, 3.05) is 13.6 Å². The number of aromatic nitrogens is 1. The molecule has 1 aromatic carbocycles. The monoisotopic (exact) mass is 398 g/mol. The Bertz CT molecular complexity index is 1030. The molecule has 140 valence electrons. The van der Waals surface area contributed by atoms with E-state index in [9.17, 15) is 0 Å². The molecular formula is C23H24Cl2N2. The van der Waals surface area contributed by atoms with Crippen molar-refractivity contribution in [3.8, 4) is 0 Å². The number of aryl methyl sites for hydroxylation is 1. The fraction of sp³-hybridized carbons (Fsp3) is 0.304. The molecule has 0 saturated carbocycles. The van der Waals surface area contributed by atoms with E-state index in [4.69, 9.17) is 23.2 Å². The van der Waals surface area contributed by atoms with Crippen molar-refractivity contribution in [1.82, 2.24) is 9.47 Å². The second kappa shape index (κ2) is 7.26. The van der Waals surface area contributed by atoms with Gasteiger partial charge in [0.1, 0.15) is 0 Å². The van der Waals surface area contributed by atoms with Crippen LogP contribution in [0.4, 0.5) is 0 Å². The van der Waals surface area contributed by atoms with Gasteiger partial charge in [-0.2, -0.15) is 0 Å². The summed E-state index contributed by atoms with van der Waals surface area (Å²) in [5, 5.41) is 2.94. The van der Waals surface area contributed by atoms with Crippen LogP contribution in [0.2, 0.25) is 0 Å². The number of hydrogen-bond donors (Lipinski definition) is 0. The number of allylic oxidation sites excluding steroid dienone is 5. The minimum atomic E-state index is 0.758. The molecule has 4 heteroatoms. The fourth-order valence-electron chi connectivity index (χ4n) is 3.98. The van der Waals surface area contributed by atoms with Gasteiger partial charge in [-0.1, -0.05) is 34.8 Å². The highest BCUT2D eigenvalue weighted by molar-refractivity contribution is 6.35. The molecule has 1 aliphatic heterocycles. The van der Waals surface area contributed by atoms with Crippen molar-refractivity contribution >= 4 is 46.4 Å². The Morgan fingerprint density at radius 1 is 1.15 bits per heavy atom. The summed E-state index contributed by atoms with van der Waals surface area (Å²) in [5.41, 5.74) is 7.60. The van der Waals surface area contributed by atoms with Crippen LogP contribution in [0.15, 0.2) is 51.7 Å². The van der Waals surface area contributed by atoms with Crippen molar-refractivity contribution in [2.45, 2.75) is 33.1 Å². The SMILES string of the molecule is CC(=Cn1c2c(c3cc(C)ccc31)CCN(C)C=C2)C1=C(Cl)C=C(Cl)CC1. The minimum Gasteiger partial charge on any atom is -0.380 e. The van der Waals surface area contributed by atoms with Crippen LogP contribution in [0, 0.1) is 6.92 Å². The number of fused-ring (bicyclic) bond motifs is 3. The topological polar surface area (TPSA) is 8.17 Å². The number of nitrogens with zero attached hydrogens (tertiary/aromatic N) is 2. The van der Waals surface area contributed by atoms with E-state index in [1.165, 1.54) is 38.9 Å². The van der Waals surface area contributed by atoms with E-state index in [-0.39, 0.29) is 0 Å². The first kappa shape index (κ1) is 18.5. The first-order valence-corrected chi connectivity index (χ1v) is 10.1. The third-order valence-electron chi connectivity index (χ3n) is 5.49. The molecule has 1 aromatic heterocycles. The Balaban J connectivity index is 1.91. The molecule has 0 N–H and O–H groups in total. The molecule has 0 amide bonds. The predicted octanol–water partition coefficient (Wildman–Crippen LogP) is 6.68. The first-order valence-electron chi connectivity index (χ1n) is 9.39. The summed E-state index contributed by atoms with van der Waals surface area (Å²) in [7, 11) is 2.13. The maximum absolute atomic E-state index is 6.49. The van der Waals surface area contributed by atoms with Crippen LogP contribution in [0.3, 0.4) is 0 Å². The molecule has 0 unspecified atom stereocenters. The van der Waals surface area contributed by atoms with Crippen LogP contribution in [0.5, 0.6) is 0 Å². The first-order chi connectivity index (χ1) is 12.9. The van der Waals surface area contributed by atoms with Gasteiger partial charge in [-0.25, -0.2) is 0 Å². The Labute approximate surface area is 171 Å². The van der Waals surface area contributed by atoms with Crippen LogP contribution in [-0.4, -0.2) is 23.1 Å². The highest BCUT2D eigenvalue weighted by Crippen LogP contribution is 2.35. The van der Waals surface area contributed by atoms with E-state index in [0.29, 0.717) is 0 Å². The van der Waals surface area contributed by atoms with Gasteiger partial charge < -0.3 is 9.47 Å². The number of benzene rings is 1. The van der Waals surface area contributed by atoms with E-state index in [1.54, 1.807) is 0 Å². The maximum atomic E-state index is 6.49. The van der Waals surface area contributed by atoms with Gasteiger partial charge in [-0.3, -0.25) is 0 Å². The Morgan fingerprint density at radius 2 is 1.96 bits per heavy atom. The fourth-order valence-corrected chi connectivity index (χ4v) is 4.61. The van der Waals surface area contributed by atoms with Crippen LogP contribution in [-0.2, 0) is 6.42 Å². The molecule has 2 nitrogen and oxygen atoms in total. The molecule has 0 radical (unpaired) electrons. The second-order valence-corrected chi connectivity index (χ2v) is 8.42. The van der Waals surface area contributed by atoms with Gasteiger partial charge in [0.05, 0.1) is 11.2 Å². The molecule has 4 rings (SSSR count). The van der Waals surface area contributed by atoms with Crippen molar-refractivity contribution < 1.29 is 0 Å². The van der Waals surface area contributed by atoms with Crippen molar-refractivity contribution in [3.05, 3.63) is 68.5 Å². The molecular weight excluding hydrogens is 375 g/mol. The van der Waals surface area contributed by atoms with Gasteiger partial charge in [-0.05, 0) is 74.1 Å². The summed E-state index contributed by atoms with van der Waals surface area (Å²) in [6.45, 7) is 5.33. The zero-order valence-corrected chi connectivity index (χ0v) is 17.5. The summed E-state index contributed by atoms with van der Waals surface area (Å²) >= 11 is 12.6. The van der Waals surface area contributed by atoms with Gasteiger partial charge >= 0.3 is 0 Å². The highest BCUT2D eigenvalue weighted by Gasteiger charge is 2.18. The van der Waals surface area contributed by atoms with Crippen molar-refractivity contribution in [2.24, 2.45) is 0 Å². The van der Waals surface area contributed by atoms with Gasteiger partial charge in [-0.15, -0.1) is 0 Å². The lowest BCUT2D eigenvalue weighted by Crippen LogP contribution is -2.12. The van der Waals surface area contributed by atoms with Gasteiger partial charge in [0, 0.05) is 41.4 Å². The molecule has 0 bridgehead atoms. The van der Waals surface area contributed by atoms with E-state index in [1.807, 2.05) is 6.08 Å². The molecule has 1 aliphatic carbocycles. The average molecular weight is 399 g/mol. The van der Waals surface area contributed by atoms with Gasteiger partial charge in [0.25, 0.3) is 0 Å². The Hall–Kier alpha value is -1.90. The number of hydrogen-bond acceptors (Lipinski definition) is 1. The molecule has 0 saturated heterocycles. The summed E-state index contributed by atoms with van der Waals surface area (Å²) in [5.74, 6) is 0. The molecule has 2 heterocycles. The number of rotatable bonds is 2. The molecule has 27 heavy (non-hydrogen) atoms. The van der Waals surface area contributed by atoms with Crippen LogP contribution < -0.4 is 0 Å². The van der Waals surface area contributed by atoms with Crippen molar-refractivity contribution in [3.63, 3.8) is 0 Å². The highest BCUT2D eigenvalue weighted by atomic mass is 35.5. The van der Waals surface area contributed by atoms with E-state index in [2.05, 4.69) is 67.0 Å². The van der Waals surface area contributed by atoms with Crippen LogP contribution >= 0.6 is 23.2 Å². The average Bonchev–Trinajstić information content (AvgIpc) is 2.75. The lowest BCUT2D eigenvalue weighted by atomic mass is 9.98. The summed E-state index contributed by atoms with van der Waals surface area (Å²) in [6.07, 6.45) is 11.3. The standard InChI is InChI=1S/C23H24Cl2N2/c1-15-4-7-22-20(12-15)19-8-10-26(3)11-9-23(19)27(22)14-16(2)18-6-5-17(24)13-21(18)25/h4,7,9,11-14H,5-6,8,10H2,1-3H3. The Morgan fingerprint density at radius 3 is 2.74 bits per heavy atom. The zero-order valence-electron chi connectivity index (χ0n) is 16.0. The quantitative estimate of drug-likeness (QED) is 0.547. The van der Waals surface area contributed by atoms with Crippen LogP contribution in [0.1, 0.15) is 36.6 Å². The molecule has 2 aliphatic rings. The lowest BCUT2D eigenvalue weighted by molar-refractivity contribution is 0.467. The van der Waals surface area contributed by atoms with E-state index in [0.717, 1.165) is 35.9 Å². The minimum absolute atomic E-state index is 0.758. The van der Waals surface area contributed by atoms with Crippen molar-refractivity contribution in [1.29, 1.82) is 0 Å². The van der Waals surface area contributed by atoms with E-state index < -0.39 is 0 Å². The largest absolute Gasteiger partial charge is 0.380 e. The number of likely N-dealkylation sites (N-methyl/N-ethyl adjacent to an activating group) is 1. The molecule has 0 atom stereocenters. The second-order valence-electron chi connectivity index (χ2n) is 7.53. The summed E-state index contributed by atoms with van der Waals surface area (Å²) in [4.78, 5) is 2.25. The van der Waals surface area contributed by atoms with E-state index >= 15 is 0 Å². The molecule has 0 fully saturated rings. The molecule has 2 aromatic rings. The smallest absolute Gasteiger partial charge is 0.0531 e. The summed E-state index contributed by atoms with van der Waals surface area (Å²) < 4.78 is 2.33. The van der Waals surface area contributed by atoms with Gasteiger partial charge in [0.2, 0.25) is 0 Å². The lowest BCUT2D eigenvalue weighted by Gasteiger charge is -2.15. The third kappa shape index (κ3) is 3.49. The van der Waals surface area contributed by atoms with Gasteiger partial charge in [0.15, 0.2) is 0 Å². The normalized spacial score (nSPS) is 18.0.